The van der Waals surface area contributed by atoms with Gasteiger partial charge in [0.15, 0.2) is 0 Å². The summed E-state index contributed by atoms with van der Waals surface area (Å²) in [5.74, 6) is 0. The van der Waals surface area contributed by atoms with Gasteiger partial charge in [-0.15, -0.1) is 12.4 Å². The van der Waals surface area contributed by atoms with Crippen molar-refractivity contribution < 1.29 is 17.1 Å². The molecule has 0 aliphatic heterocycles. The predicted octanol–water partition coefficient (Wildman–Crippen LogP) is 1.91. The number of aromatic nitrogens is 1. The maximum absolute atomic E-state index is 5.58. The number of nitrogens with zero attached hydrogens (tertiary/aromatic N) is 1. The fraction of sp³-hybridized carbons (Fsp3) is 0.167. The van der Waals surface area contributed by atoms with Gasteiger partial charge in [0.1, 0.15) is 0 Å². The third-order valence-electron chi connectivity index (χ3n) is 1.20. The van der Waals surface area contributed by atoms with Crippen molar-refractivity contribution in [1.82, 2.24) is 4.98 Å². The molecule has 1 aromatic heterocycles. The van der Waals surface area contributed by atoms with Gasteiger partial charge in [0.05, 0.1) is 0 Å². The van der Waals surface area contributed by atoms with E-state index in [2.05, 4.69) is 16.6 Å². The molecule has 1 rings (SSSR count). The van der Waals surface area contributed by atoms with Gasteiger partial charge in [-0.05, 0) is 0 Å². The number of rotatable bonds is 1. The SMILES string of the molecule is Cl.[CH3][Zn][c]1ccc(Cl)nc1. The van der Waals surface area contributed by atoms with E-state index in [9.17, 15) is 0 Å². The molecule has 1 aromatic rings. The molecule has 0 fully saturated rings. The molecule has 0 N–H and O–H groups in total. The molecule has 10 heavy (non-hydrogen) atoms. The minimum absolute atomic E-state index is 0. The average molecular weight is 229 g/mol. The molecule has 0 amide bonds. The zero-order chi connectivity index (χ0) is 6.69. The molecule has 0 saturated heterocycles. The van der Waals surface area contributed by atoms with Crippen molar-refractivity contribution in [2.75, 3.05) is 0 Å². The van der Waals surface area contributed by atoms with Crippen LogP contribution in [0.2, 0.25) is 10.7 Å². The van der Waals surface area contributed by atoms with Crippen LogP contribution in [0, 0.1) is 0 Å². The number of hydrogen-bond donors (Lipinski definition) is 0. The molecule has 0 atom stereocenters. The first kappa shape index (κ1) is 10.4. The summed E-state index contributed by atoms with van der Waals surface area (Å²) in [4.78, 5) is 3.96. The van der Waals surface area contributed by atoms with Crippen molar-refractivity contribution in [2.45, 2.75) is 5.52 Å². The van der Waals surface area contributed by atoms with Crippen LogP contribution in [0.3, 0.4) is 0 Å². The van der Waals surface area contributed by atoms with Crippen LogP contribution < -0.4 is 4.16 Å². The van der Waals surface area contributed by atoms with E-state index in [4.69, 9.17) is 11.6 Å². The van der Waals surface area contributed by atoms with E-state index in [-0.39, 0.29) is 12.4 Å². The predicted molar refractivity (Wildman–Crippen MR) is 42.0 cm³/mol. The molecule has 4 heteroatoms. The zero-order valence-corrected chi connectivity index (χ0v) is 10.2. The quantitative estimate of drug-likeness (QED) is 0.529. The van der Waals surface area contributed by atoms with Crippen molar-refractivity contribution in [2.24, 2.45) is 0 Å². The molecule has 1 nitrogen and oxygen atoms in total. The fourth-order valence-electron chi connectivity index (χ4n) is 0.616. The van der Waals surface area contributed by atoms with Gasteiger partial charge >= 0.3 is 66.9 Å². The van der Waals surface area contributed by atoms with Crippen LogP contribution in [0.15, 0.2) is 18.3 Å². The molecule has 0 aliphatic carbocycles. The van der Waals surface area contributed by atoms with E-state index in [1.54, 1.807) is 0 Å². The summed E-state index contributed by atoms with van der Waals surface area (Å²) in [6.45, 7) is 0. The van der Waals surface area contributed by atoms with E-state index >= 15 is 0 Å². The summed E-state index contributed by atoms with van der Waals surface area (Å²) >= 11 is 5.16. The van der Waals surface area contributed by atoms with Crippen LogP contribution in [0.5, 0.6) is 0 Å². The van der Waals surface area contributed by atoms with E-state index in [0.29, 0.717) is 5.15 Å². The van der Waals surface area contributed by atoms with Gasteiger partial charge in [-0.3, -0.25) is 0 Å². The van der Waals surface area contributed by atoms with Gasteiger partial charge in [0, 0.05) is 0 Å². The third-order valence-corrected chi connectivity index (χ3v) is 4.01. The molecular weight excluding hydrogens is 222 g/mol. The Kier molecular flexibility index (Phi) is 5.24. The van der Waals surface area contributed by atoms with Crippen molar-refractivity contribution >= 4 is 28.2 Å². The van der Waals surface area contributed by atoms with Crippen LogP contribution in [0.25, 0.3) is 0 Å². The van der Waals surface area contributed by atoms with E-state index in [1.165, 1.54) is 4.16 Å². The van der Waals surface area contributed by atoms with Crippen molar-refractivity contribution in [3.8, 4) is 0 Å². The van der Waals surface area contributed by atoms with Gasteiger partial charge in [0.2, 0.25) is 0 Å². The van der Waals surface area contributed by atoms with Gasteiger partial charge in [-0.2, -0.15) is 0 Å². The molecule has 0 aliphatic rings. The van der Waals surface area contributed by atoms with Crippen molar-refractivity contribution in [1.29, 1.82) is 0 Å². The molecule has 0 radical (unpaired) electrons. The van der Waals surface area contributed by atoms with Gasteiger partial charge < -0.3 is 0 Å². The van der Waals surface area contributed by atoms with Gasteiger partial charge in [0.25, 0.3) is 0 Å². The normalized spacial score (nSPS) is 7.80. The summed E-state index contributed by atoms with van der Waals surface area (Å²) in [5, 5.41) is 0.592. The Morgan fingerprint density at radius 3 is 2.60 bits per heavy atom. The van der Waals surface area contributed by atoms with E-state index in [0.717, 1.165) is 0 Å². The second kappa shape index (κ2) is 5.06. The molecule has 0 unspecified atom stereocenters. The third kappa shape index (κ3) is 2.96. The maximum atomic E-state index is 5.58. The minimum atomic E-state index is -0.418. The molecule has 0 aromatic carbocycles. The zero-order valence-electron chi connectivity index (χ0n) is 5.67. The van der Waals surface area contributed by atoms with Crippen LogP contribution in [-0.4, -0.2) is 4.98 Å². The molecular formula is C6H7Cl2NZn. The first-order valence-electron chi connectivity index (χ1n) is 2.93. The summed E-state index contributed by atoms with van der Waals surface area (Å²) in [5.41, 5.74) is 2.28. The van der Waals surface area contributed by atoms with Gasteiger partial charge in [-0.1, -0.05) is 0 Å². The Balaban J connectivity index is 0.000000810. The topological polar surface area (TPSA) is 12.9 Å². The molecule has 52 valence electrons. The number of halogens is 2. The summed E-state index contributed by atoms with van der Waals surface area (Å²) in [6, 6.07) is 3.92. The van der Waals surface area contributed by atoms with Gasteiger partial charge in [-0.25, -0.2) is 0 Å². The van der Waals surface area contributed by atoms with E-state index < -0.39 is 17.1 Å². The standard InChI is InChI=1S/C5H3ClN.CH3.ClH.Zn/c6-5-3-1-2-4-7-5;;;/h1,3-4H;1H3;1H;. The van der Waals surface area contributed by atoms with Crippen LogP contribution in [0.1, 0.15) is 0 Å². The number of pyridine rings is 1. The molecule has 0 spiro atoms. The van der Waals surface area contributed by atoms with Crippen LogP contribution in [-0.2, 0) is 17.1 Å². The molecule has 0 saturated carbocycles. The summed E-state index contributed by atoms with van der Waals surface area (Å²) in [6.07, 6.45) is 1.88. The molecule has 0 bridgehead atoms. The van der Waals surface area contributed by atoms with Crippen molar-refractivity contribution in [3.05, 3.63) is 23.5 Å². The Morgan fingerprint density at radius 2 is 2.20 bits per heavy atom. The second-order valence-electron chi connectivity index (χ2n) is 1.84. The first-order valence-corrected chi connectivity index (χ1v) is 7.76. The van der Waals surface area contributed by atoms with E-state index in [1.807, 2.05) is 12.3 Å². The second-order valence-corrected chi connectivity index (χ2v) is 5.43. The Morgan fingerprint density at radius 1 is 1.50 bits per heavy atom. The van der Waals surface area contributed by atoms with Crippen LogP contribution >= 0.6 is 24.0 Å². The first-order chi connectivity index (χ1) is 4.33. The summed E-state index contributed by atoms with van der Waals surface area (Å²) < 4.78 is 1.41. The fourth-order valence-corrected chi connectivity index (χ4v) is 2.04. The Labute approximate surface area is 79.2 Å². The Hall–Kier alpha value is 0.353. The number of hydrogen-bond acceptors (Lipinski definition) is 1. The molecule has 1 heterocycles. The summed E-state index contributed by atoms with van der Waals surface area (Å²) in [7, 11) is 0. The Bertz CT molecular complexity index is 187. The van der Waals surface area contributed by atoms with Crippen molar-refractivity contribution in [3.63, 3.8) is 0 Å². The van der Waals surface area contributed by atoms with Crippen LogP contribution in [0.4, 0.5) is 0 Å². The average Bonchev–Trinajstić information content (AvgIpc) is 1.90. The monoisotopic (exact) mass is 227 g/mol.